The standard InChI is InChI=1S/C32H62O4/c1-3-5-7-9-11-13-14-15-16-18-20-25-29-32(35)36-30(27-23-21-24-28-31(33)34)26-22-19-17-12-10-8-6-4-2/h30H,3-29H2,1-2H3,(H,33,34). The molecular weight excluding hydrogens is 448 g/mol. The first kappa shape index (κ1) is 34.9. The molecule has 4 nitrogen and oxygen atoms in total. The molecule has 0 aromatic carbocycles. The molecule has 0 aromatic heterocycles. The number of carboxylic acid groups (broad SMARTS) is 1. The molecule has 0 amide bonds. The summed E-state index contributed by atoms with van der Waals surface area (Å²) in [4.78, 5) is 23.2. The third-order valence-corrected chi connectivity index (χ3v) is 7.33. The Labute approximate surface area is 224 Å². The van der Waals surface area contributed by atoms with Crippen molar-refractivity contribution >= 4 is 11.9 Å². The van der Waals surface area contributed by atoms with Crippen LogP contribution in [-0.4, -0.2) is 23.1 Å². The molecular formula is C32H62O4. The number of esters is 1. The van der Waals surface area contributed by atoms with E-state index in [9.17, 15) is 9.59 Å². The van der Waals surface area contributed by atoms with Crippen LogP contribution < -0.4 is 0 Å². The number of carbonyl (C=O) groups excluding carboxylic acids is 1. The van der Waals surface area contributed by atoms with E-state index >= 15 is 0 Å². The van der Waals surface area contributed by atoms with Gasteiger partial charge in [-0.3, -0.25) is 9.59 Å². The average molecular weight is 511 g/mol. The van der Waals surface area contributed by atoms with Crippen LogP contribution in [-0.2, 0) is 14.3 Å². The molecule has 0 aliphatic heterocycles. The van der Waals surface area contributed by atoms with E-state index in [2.05, 4.69) is 13.8 Å². The number of carboxylic acids is 1. The van der Waals surface area contributed by atoms with Crippen LogP contribution in [0.5, 0.6) is 0 Å². The van der Waals surface area contributed by atoms with Gasteiger partial charge in [-0.1, -0.05) is 136 Å². The molecule has 214 valence electrons. The molecule has 1 N–H and O–H groups in total. The summed E-state index contributed by atoms with van der Waals surface area (Å²) in [6.45, 7) is 4.52. The van der Waals surface area contributed by atoms with E-state index in [0.717, 1.165) is 44.9 Å². The molecule has 0 fully saturated rings. The predicted molar refractivity (Wildman–Crippen MR) is 154 cm³/mol. The smallest absolute Gasteiger partial charge is 0.306 e. The van der Waals surface area contributed by atoms with Crippen molar-refractivity contribution in [1.82, 2.24) is 0 Å². The summed E-state index contributed by atoms with van der Waals surface area (Å²) in [6.07, 6.45) is 31.0. The Morgan fingerprint density at radius 1 is 0.500 bits per heavy atom. The maximum Gasteiger partial charge on any atom is 0.306 e. The Morgan fingerprint density at radius 2 is 0.833 bits per heavy atom. The summed E-state index contributed by atoms with van der Waals surface area (Å²) in [5, 5.41) is 8.82. The van der Waals surface area contributed by atoms with Crippen molar-refractivity contribution in [3.63, 3.8) is 0 Å². The lowest BCUT2D eigenvalue weighted by Gasteiger charge is -2.18. The number of carbonyl (C=O) groups is 2. The van der Waals surface area contributed by atoms with Gasteiger partial charge in [0, 0.05) is 12.8 Å². The van der Waals surface area contributed by atoms with E-state index in [0.29, 0.717) is 12.8 Å². The highest BCUT2D eigenvalue weighted by molar-refractivity contribution is 5.69. The van der Waals surface area contributed by atoms with E-state index in [1.807, 2.05) is 0 Å². The molecule has 0 radical (unpaired) electrons. The van der Waals surface area contributed by atoms with Gasteiger partial charge in [0.1, 0.15) is 6.10 Å². The van der Waals surface area contributed by atoms with Gasteiger partial charge in [0.25, 0.3) is 0 Å². The first-order chi connectivity index (χ1) is 17.6. The van der Waals surface area contributed by atoms with Crippen LogP contribution in [0, 0.1) is 0 Å². The largest absolute Gasteiger partial charge is 0.481 e. The van der Waals surface area contributed by atoms with Crippen LogP contribution in [0.15, 0.2) is 0 Å². The van der Waals surface area contributed by atoms with Gasteiger partial charge in [0.15, 0.2) is 0 Å². The van der Waals surface area contributed by atoms with Crippen molar-refractivity contribution < 1.29 is 19.4 Å². The predicted octanol–water partition coefficient (Wildman–Crippen LogP) is 10.6. The molecule has 0 saturated carbocycles. The van der Waals surface area contributed by atoms with Gasteiger partial charge in [-0.2, -0.15) is 0 Å². The summed E-state index contributed by atoms with van der Waals surface area (Å²) in [6, 6.07) is 0. The zero-order valence-corrected chi connectivity index (χ0v) is 24.3. The SMILES string of the molecule is CCCCCCCCCCCCCCC(=O)OC(CCCCCCCCCC)CCCCCC(=O)O. The highest BCUT2D eigenvalue weighted by Crippen LogP contribution is 2.18. The van der Waals surface area contributed by atoms with Crippen molar-refractivity contribution in [3.8, 4) is 0 Å². The lowest BCUT2D eigenvalue weighted by molar-refractivity contribution is -0.150. The monoisotopic (exact) mass is 510 g/mol. The second-order valence-electron chi connectivity index (χ2n) is 11.0. The lowest BCUT2D eigenvalue weighted by Crippen LogP contribution is -2.18. The van der Waals surface area contributed by atoms with Crippen molar-refractivity contribution in [3.05, 3.63) is 0 Å². The van der Waals surface area contributed by atoms with Gasteiger partial charge in [0.05, 0.1) is 0 Å². The Morgan fingerprint density at radius 3 is 1.25 bits per heavy atom. The normalized spacial score (nSPS) is 12.1. The number of hydrogen-bond acceptors (Lipinski definition) is 3. The summed E-state index contributed by atoms with van der Waals surface area (Å²) in [5.41, 5.74) is 0. The summed E-state index contributed by atoms with van der Waals surface area (Å²) >= 11 is 0. The van der Waals surface area contributed by atoms with Crippen LogP contribution in [0.3, 0.4) is 0 Å². The van der Waals surface area contributed by atoms with Gasteiger partial charge in [-0.15, -0.1) is 0 Å². The maximum absolute atomic E-state index is 12.4. The summed E-state index contributed by atoms with van der Waals surface area (Å²) < 4.78 is 5.88. The highest BCUT2D eigenvalue weighted by Gasteiger charge is 2.14. The first-order valence-corrected chi connectivity index (χ1v) is 16.0. The minimum absolute atomic E-state index is 0.0137. The number of ether oxygens (including phenoxy) is 1. The number of aliphatic carboxylic acids is 1. The number of hydrogen-bond donors (Lipinski definition) is 1. The van der Waals surface area contributed by atoms with Crippen molar-refractivity contribution in [1.29, 1.82) is 0 Å². The third kappa shape index (κ3) is 27.5. The second-order valence-corrected chi connectivity index (χ2v) is 11.0. The van der Waals surface area contributed by atoms with Crippen molar-refractivity contribution in [2.75, 3.05) is 0 Å². The molecule has 0 aliphatic carbocycles. The van der Waals surface area contributed by atoms with Crippen LogP contribution >= 0.6 is 0 Å². The average Bonchev–Trinajstić information content (AvgIpc) is 2.85. The van der Waals surface area contributed by atoms with Crippen LogP contribution in [0.4, 0.5) is 0 Å². The highest BCUT2D eigenvalue weighted by atomic mass is 16.5. The van der Waals surface area contributed by atoms with Crippen molar-refractivity contribution in [2.24, 2.45) is 0 Å². The second kappa shape index (κ2) is 28.5. The van der Waals surface area contributed by atoms with Crippen LogP contribution in [0.1, 0.15) is 187 Å². The summed E-state index contributed by atoms with van der Waals surface area (Å²) in [7, 11) is 0. The lowest BCUT2D eigenvalue weighted by atomic mass is 10.0. The molecule has 0 bridgehead atoms. The maximum atomic E-state index is 12.4. The molecule has 0 saturated heterocycles. The third-order valence-electron chi connectivity index (χ3n) is 7.33. The van der Waals surface area contributed by atoms with Gasteiger partial charge in [-0.05, 0) is 38.5 Å². The summed E-state index contributed by atoms with van der Waals surface area (Å²) in [5.74, 6) is -0.753. The molecule has 0 heterocycles. The van der Waals surface area contributed by atoms with Gasteiger partial charge >= 0.3 is 11.9 Å². The van der Waals surface area contributed by atoms with E-state index in [1.54, 1.807) is 0 Å². The molecule has 4 heteroatoms. The molecule has 0 rings (SSSR count). The topological polar surface area (TPSA) is 63.6 Å². The van der Waals surface area contributed by atoms with Crippen molar-refractivity contribution in [2.45, 2.75) is 193 Å². The number of rotatable bonds is 29. The Hall–Kier alpha value is -1.06. The molecule has 36 heavy (non-hydrogen) atoms. The molecule has 1 atom stereocenters. The minimum Gasteiger partial charge on any atom is -0.481 e. The van der Waals surface area contributed by atoms with E-state index < -0.39 is 5.97 Å². The molecule has 1 unspecified atom stereocenters. The van der Waals surface area contributed by atoms with Gasteiger partial charge < -0.3 is 9.84 Å². The minimum atomic E-state index is -0.723. The zero-order chi connectivity index (χ0) is 26.5. The van der Waals surface area contributed by atoms with E-state index in [1.165, 1.54) is 109 Å². The van der Waals surface area contributed by atoms with Crippen LogP contribution in [0.25, 0.3) is 0 Å². The fourth-order valence-corrected chi connectivity index (χ4v) is 4.95. The van der Waals surface area contributed by atoms with E-state index in [-0.39, 0.29) is 18.5 Å². The molecule has 0 aromatic rings. The quantitative estimate of drug-likeness (QED) is 0.0802. The molecule has 0 aliphatic rings. The van der Waals surface area contributed by atoms with Gasteiger partial charge in [-0.25, -0.2) is 0 Å². The van der Waals surface area contributed by atoms with E-state index in [4.69, 9.17) is 9.84 Å². The Bertz CT molecular complexity index is 477. The zero-order valence-electron chi connectivity index (χ0n) is 24.3. The number of unbranched alkanes of at least 4 members (excludes halogenated alkanes) is 20. The van der Waals surface area contributed by atoms with Gasteiger partial charge in [0.2, 0.25) is 0 Å². The Balaban J connectivity index is 3.93. The first-order valence-electron chi connectivity index (χ1n) is 16.0. The fourth-order valence-electron chi connectivity index (χ4n) is 4.95. The fraction of sp³-hybridized carbons (Fsp3) is 0.938. The Kier molecular flexibility index (Phi) is 27.7. The van der Waals surface area contributed by atoms with Crippen LogP contribution in [0.2, 0.25) is 0 Å². The molecule has 0 spiro atoms.